The number of hydrogen-bond donors (Lipinski definition) is 1. The van der Waals surface area contributed by atoms with Crippen LogP contribution in [0.1, 0.15) is 35.5 Å². The van der Waals surface area contributed by atoms with Crippen molar-refractivity contribution >= 4 is 11.6 Å². The van der Waals surface area contributed by atoms with Crippen molar-refractivity contribution in [3.8, 4) is 17.1 Å². The first-order valence-corrected chi connectivity index (χ1v) is 11.4. The third kappa shape index (κ3) is 4.53. The van der Waals surface area contributed by atoms with Crippen molar-refractivity contribution in [3.63, 3.8) is 0 Å². The molecule has 0 radical (unpaired) electrons. The lowest BCUT2D eigenvalue weighted by Crippen LogP contribution is -2.45. The number of ether oxygens (including phenoxy) is 1. The molecule has 1 N–H and O–H groups in total. The molecule has 0 aliphatic carbocycles. The van der Waals surface area contributed by atoms with Crippen LogP contribution in [-0.4, -0.2) is 28.2 Å². The number of nitrogens with zero attached hydrogens (tertiary/aromatic N) is 3. The maximum Gasteiger partial charge on any atom is 0.322 e. The summed E-state index contributed by atoms with van der Waals surface area (Å²) in [5, 5.41) is 7.39. The molecule has 176 valence electrons. The van der Waals surface area contributed by atoms with Gasteiger partial charge in [-0.05, 0) is 43.2 Å². The van der Waals surface area contributed by atoms with E-state index in [-0.39, 0.29) is 6.03 Å². The van der Waals surface area contributed by atoms with Crippen LogP contribution < -0.4 is 10.1 Å². The van der Waals surface area contributed by atoms with E-state index < -0.39 is 6.04 Å². The normalized spacial score (nSPS) is 15.8. The molecule has 3 aromatic carbocycles. The molecule has 35 heavy (non-hydrogen) atoms. The second-order valence-electron chi connectivity index (χ2n) is 8.52. The van der Waals surface area contributed by atoms with Crippen LogP contribution in [0.4, 0.5) is 4.79 Å². The molecule has 0 fully saturated rings. The maximum atomic E-state index is 13.3. The predicted molar refractivity (Wildman–Crippen MR) is 133 cm³/mol. The van der Waals surface area contributed by atoms with Gasteiger partial charge in [-0.1, -0.05) is 71.4 Å². The number of carbonyl (C=O) groups is 1. The average molecular weight is 467 g/mol. The maximum absolute atomic E-state index is 13.3. The molecule has 0 spiro atoms. The summed E-state index contributed by atoms with van der Waals surface area (Å²) < 4.78 is 11.1. The molecule has 7 nitrogen and oxygen atoms in total. The van der Waals surface area contributed by atoms with Gasteiger partial charge in [0.2, 0.25) is 5.82 Å². The molecule has 0 saturated carbocycles. The topological polar surface area (TPSA) is 80.5 Å². The minimum atomic E-state index is -0.420. The lowest BCUT2D eigenvalue weighted by Gasteiger charge is -2.35. The van der Waals surface area contributed by atoms with Crippen LogP contribution in [0.5, 0.6) is 5.75 Å². The molecule has 2 amide bonds. The molecular weight excluding hydrogens is 440 g/mol. The van der Waals surface area contributed by atoms with E-state index in [1.165, 1.54) is 0 Å². The number of carbonyl (C=O) groups excluding carboxylic acids is 1. The van der Waals surface area contributed by atoms with Gasteiger partial charge >= 0.3 is 6.03 Å². The van der Waals surface area contributed by atoms with Crippen molar-refractivity contribution in [2.24, 2.45) is 0 Å². The first kappa shape index (κ1) is 22.4. The zero-order chi connectivity index (χ0) is 24.4. The zero-order valence-corrected chi connectivity index (χ0v) is 19.9. The number of amides is 2. The molecule has 1 aliphatic heterocycles. The Bertz CT molecular complexity index is 1390. The summed E-state index contributed by atoms with van der Waals surface area (Å²) in [5.41, 5.74) is 5.40. The van der Waals surface area contributed by atoms with Gasteiger partial charge < -0.3 is 14.6 Å². The summed E-state index contributed by atoms with van der Waals surface area (Å²) >= 11 is 0. The van der Waals surface area contributed by atoms with Crippen LogP contribution in [-0.2, 0) is 6.54 Å². The fourth-order valence-electron chi connectivity index (χ4n) is 4.33. The molecule has 0 bridgehead atoms. The fourth-order valence-corrected chi connectivity index (χ4v) is 4.33. The van der Waals surface area contributed by atoms with E-state index in [4.69, 9.17) is 14.2 Å². The Morgan fingerprint density at radius 3 is 2.57 bits per heavy atom. The number of hydrogen-bond acceptors (Lipinski definition) is 5. The number of benzene rings is 3. The van der Waals surface area contributed by atoms with Crippen molar-refractivity contribution in [2.75, 3.05) is 7.11 Å². The van der Waals surface area contributed by atoms with Crippen molar-refractivity contribution in [3.05, 3.63) is 107 Å². The number of urea groups is 1. The van der Waals surface area contributed by atoms with Gasteiger partial charge in [0, 0.05) is 11.3 Å². The summed E-state index contributed by atoms with van der Waals surface area (Å²) in [6.07, 6.45) is 0. The third-order valence-electron chi connectivity index (χ3n) is 6.14. The van der Waals surface area contributed by atoms with Crippen LogP contribution in [0.3, 0.4) is 0 Å². The van der Waals surface area contributed by atoms with Gasteiger partial charge in [0.25, 0.3) is 5.89 Å². The Morgan fingerprint density at radius 2 is 1.80 bits per heavy atom. The van der Waals surface area contributed by atoms with Crippen LogP contribution in [0, 0.1) is 6.92 Å². The van der Waals surface area contributed by atoms with Crippen LogP contribution >= 0.6 is 0 Å². The van der Waals surface area contributed by atoms with Gasteiger partial charge in [-0.25, -0.2) is 4.79 Å². The lowest BCUT2D eigenvalue weighted by atomic mass is 9.94. The molecule has 7 heteroatoms. The average Bonchev–Trinajstić information content (AvgIpc) is 3.37. The lowest BCUT2D eigenvalue weighted by molar-refractivity contribution is 0.203. The summed E-state index contributed by atoms with van der Waals surface area (Å²) in [4.78, 5) is 19.7. The Morgan fingerprint density at radius 1 is 1.00 bits per heavy atom. The van der Waals surface area contributed by atoms with Crippen LogP contribution in [0.15, 0.2) is 89.1 Å². The van der Waals surface area contributed by atoms with Gasteiger partial charge in [-0.3, -0.25) is 4.90 Å². The minimum absolute atomic E-state index is 0.193. The monoisotopic (exact) mass is 466 g/mol. The first-order valence-electron chi connectivity index (χ1n) is 11.4. The number of allylic oxidation sites excluding steroid dienone is 1. The van der Waals surface area contributed by atoms with Gasteiger partial charge in [0.15, 0.2) is 0 Å². The second kappa shape index (κ2) is 9.46. The smallest absolute Gasteiger partial charge is 0.322 e. The second-order valence-corrected chi connectivity index (χ2v) is 8.52. The van der Waals surface area contributed by atoms with E-state index in [2.05, 4.69) is 10.5 Å². The molecular formula is C28H26N4O3. The number of rotatable bonds is 6. The zero-order valence-electron chi connectivity index (χ0n) is 19.9. The summed E-state index contributed by atoms with van der Waals surface area (Å²) in [6, 6.07) is 24.8. The standard InChI is InChI=1S/C28H26N4O3/c1-18-9-7-13-22(15-18)26-30-27(35-31-26)24-19(2)32(17-20-10-8-14-23(16-20)34-3)28(33)29-25(24)21-11-5-4-6-12-21/h4-16,25H,17H2,1-3H3,(H,29,33). The largest absolute Gasteiger partial charge is 0.497 e. The number of aromatic nitrogens is 2. The van der Waals surface area contributed by atoms with Crippen molar-refractivity contribution in [1.29, 1.82) is 0 Å². The highest BCUT2D eigenvalue weighted by atomic mass is 16.5. The molecule has 2 heterocycles. The van der Waals surface area contributed by atoms with Crippen LogP contribution in [0.2, 0.25) is 0 Å². The van der Waals surface area contributed by atoms with E-state index in [0.29, 0.717) is 18.3 Å². The molecule has 1 aromatic heterocycles. The Balaban J connectivity index is 1.58. The third-order valence-corrected chi connectivity index (χ3v) is 6.14. The molecule has 1 aliphatic rings. The Labute approximate surface area is 204 Å². The van der Waals surface area contributed by atoms with Crippen molar-refractivity contribution < 1.29 is 14.1 Å². The summed E-state index contributed by atoms with van der Waals surface area (Å²) in [5.74, 6) is 1.62. The van der Waals surface area contributed by atoms with Crippen molar-refractivity contribution in [2.45, 2.75) is 26.4 Å². The van der Waals surface area contributed by atoms with Crippen molar-refractivity contribution in [1.82, 2.24) is 20.4 Å². The highest BCUT2D eigenvalue weighted by Gasteiger charge is 2.35. The number of aryl methyl sites for hydroxylation is 1. The van der Waals surface area contributed by atoms with E-state index in [1.54, 1.807) is 12.0 Å². The quantitative estimate of drug-likeness (QED) is 0.391. The number of nitrogens with one attached hydrogen (secondary N) is 1. The van der Waals surface area contributed by atoms with E-state index >= 15 is 0 Å². The molecule has 5 rings (SSSR count). The number of methoxy groups -OCH3 is 1. The van der Waals surface area contributed by atoms with Gasteiger partial charge in [-0.15, -0.1) is 0 Å². The highest BCUT2D eigenvalue weighted by molar-refractivity contribution is 5.86. The Kier molecular flexibility index (Phi) is 6.06. The highest BCUT2D eigenvalue weighted by Crippen LogP contribution is 2.38. The predicted octanol–water partition coefficient (Wildman–Crippen LogP) is 5.75. The van der Waals surface area contributed by atoms with Gasteiger partial charge in [0.1, 0.15) is 5.75 Å². The SMILES string of the molecule is COc1cccc(CN2C(=O)NC(c3ccccc3)C(c3nc(-c4cccc(C)c4)no3)=C2C)c1. The molecule has 1 atom stereocenters. The summed E-state index contributed by atoms with van der Waals surface area (Å²) in [7, 11) is 1.63. The molecule has 4 aromatic rings. The van der Waals surface area contributed by atoms with Gasteiger partial charge in [-0.2, -0.15) is 4.98 Å². The molecule has 1 unspecified atom stereocenters. The molecule has 0 saturated heterocycles. The first-order chi connectivity index (χ1) is 17.0. The van der Waals surface area contributed by atoms with E-state index in [9.17, 15) is 4.79 Å². The van der Waals surface area contributed by atoms with E-state index in [1.807, 2.05) is 92.7 Å². The fraction of sp³-hybridized carbons (Fsp3) is 0.179. The summed E-state index contributed by atoms with van der Waals surface area (Å²) in [6.45, 7) is 4.31. The van der Waals surface area contributed by atoms with Gasteiger partial charge in [0.05, 0.1) is 25.3 Å². The Hall–Kier alpha value is -4.39. The minimum Gasteiger partial charge on any atom is -0.497 e. The van der Waals surface area contributed by atoms with Crippen LogP contribution in [0.25, 0.3) is 17.0 Å². The van der Waals surface area contributed by atoms with E-state index in [0.717, 1.165) is 39.3 Å².